The van der Waals surface area contributed by atoms with Gasteiger partial charge in [-0.05, 0) is 37.1 Å². The van der Waals surface area contributed by atoms with E-state index >= 15 is 0 Å². The molecule has 2 aromatic rings. The monoisotopic (exact) mass is 467 g/mol. The Bertz CT molecular complexity index is 1040. The minimum absolute atomic E-state index is 0.0730. The van der Waals surface area contributed by atoms with Crippen molar-refractivity contribution in [2.75, 3.05) is 61.6 Å². The Balaban J connectivity index is 1.29. The average Bonchev–Trinajstić information content (AvgIpc) is 3.69. The van der Waals surface area contributed by atoms with Gasteiger partial charge < -0.3 is 35.6 Å². The third-order valence-corrected chi connectivity index (χ3v) is 6.16. The van der Waals surface area contributed by atoms with Crippen LogP contribution in [0.4, 0.5) is 23.1 Å². The van der Waals surface area contributed by atoms with Gasteiger partial charge in [0.2, 0.25) is 11.9 Å². The maximum Gasteiger partial charge on any atom is 0.254 e. The number of rotatable bonds is 7. The first-order chi connectivity index (χ1) is 16.6. The van der Waals surface area contributed by atoms with Crippen molar-refractivity contribution in [3.63, 3.8) is 0 Å². The lowest BCUT2D eigenvalue weighted by molar-refractivity contribution is -0.139. The van der Waals surface area contributed by atoms with Gasteiger partial charge in [0, 0.05) is 43.2 Å². The van der Waals surface area contributed by atoms with E-state index in [1.165, 1.54) is 6.20 Å². The summed E-state index contributed by atoms with van der Waals surface area (Å²) in [4.78, 5) is 37.4. The summed E-state index contributed by atoms with van der Waals surface area (Å²) >= 11 is 0. The molecule has 1 unspecified atom stereocenters. The van der Waals surface area contributed by atoms with Gasteiger partial charge in [-0.15, -0.1) is 0 Å². The highest BCUT2D eigenvalue weighted by molar-refractivity contribution is 5.97. The summed E-state index contributed by atoms with van der Waals surface area (Å²) < 4.78 is 11.0. The molecule has 34 heavy (non-hydrogen) atoms. The molecule has 1 aromatic carbocycles. The van der Waals surface area contributed by atoms with Crippen molar-refractivity contribution in [2.45, 2.75) is 24.9 Å². The first-order valence-electron chi connectivity index (χ1n) is 11.6. The summed E-state index contributed by atoms with van der Waals surface area (Å²) in [6.45, 7) is 3.94. The smallest absolute Gasteiger partial charge is 0.254 e. The lowest BCUT2D eigenvalue weighted by Gasteiger charge is -2.39. The van der Waals surface area contributed by atoms with Crippen LogP contribution in [0.3, 0.4) is 0 Å². The molecule has 2 amide bonds. The van der Waals surface area contributed by atoms with Gasteiger partial charge in [-0.25, -0.2) is 4.98 Å². The van der Waals surface area contributed by atoms with E-state index in [-0.39, 0.29) is 17.5 Å². The van der Waals surface area contributed by atoms with E-state index in [0.717, 1.165) is 24.2 Å². The van der Waals surface area contributed by atoms with Gasteiger partial charge in [0.05, 0.1) is 32.0 Å². The molecule has 11 heteroatoms. The van der Waals surface area contributed by atoms with Crippen LogP contribution in [0.5, 0.6) is 0 Å². The number of hydrogen-bond acceptors (Lipinski definition) is 9. The number of carbonyl (C=O) groups excluding carboxylic acids is 2. The third kappa shape index (κ3) is 5.05. The molecule has 1 saturated carbocycles. The second-order valence-corrected chi connectivity index (χ2v) is 8.63. The maximum atomic E-state index is 13.1. The molecule has 5 rings (SSSR count). The molecule has 1 aromatic heterocycles. The number of hydrogen-bond donors (Lipinski definition) is 3. The molecule has 3 aliphatic rings. The molecule has 1 aliphatic carbocycles. The Hall–Kier alpha value is -3.44. The molecule has 0 spiro atoms. The van der Waals surface area contributed by atoms with Crippen molar-refractivity contribution < 1.29 is 19.1 Å². The first kappa shape index (κ1) is 22.4. The number of ether oxygens (including phenoxy) is 2. The predicted molar refractivity (Wildman–Crippen MR) is 126 cm³/mol. The zero-order chi connectivity index (χ0) is 23.5. The van der Waals surface area contributed by atoms with E-state index < -0.39 is 5.91 Å². The van der Waals surface area contributed by atoms with Gasteiger partial charge in [0.1, 0.15) is 11.9 Å². The molecule has 0 bridgehead atoms. The molecular weight excluding hydrogens is 438 g/mol. The van der Waals surface area contributed by atoms with Crippen molar-refractivity contribution in [3.8, 4) is 0 Å². The zero-order valence-corrected chi connectivity index (χ0v) is 18.9. The fourth-order valence-electron chi connectivity index (χ4n) is 4.13. The average molecular weight is 468 g/mol. The Kier molecular flexibility index (Phi) is 6.45. The van der Waals surface area contributed by atoms with Crippen molar-refractivity contribution in [2.24, 2.45) is 5.73 Å². The minimum Gasteiger partial charge on any atom is -0.378 e. The number of carbonyl (C=O) groups is 2. The fraction of sp³-hybridized carbons (Fsp3) is 0.478. The van der Waals surface area contributed by atoms with Crippen LogP contribution >= 0.6 is 0 Å². The summed E-state index contributed by atoms with van der Waals surface area (Å²) in [5.41, 5.74) is 7.46. The van der Waals surface area contributed by atoms with Gasteiger partial charge in [0.15, 0.2) is 0 Å². The van der Waals surface area contributed by atoms with Crippen LogP contribution in [0, 0.1) is 0 Å². The number of nitrogens with zero attached hydrogens (tertiary/aromatic N) is 4. The number of nitrogens with two attached hydrogens (primary N) is 1. The van der Waals surface area contributed by atoms with Crippen LogP contribution in [0.1, 0.15) is 23.2 Å². The Morgan fingerprint density at radius 3 is 2.47 bits per heavy atom. The van der Waals surface area contributed by atoms with Gasteiger partial charge in [-0.2, -0.15) is 4.98 Å². The topological polar surface area (TPSA) is 135 Å². The highest BCUT2D eigenvalue weighted by Gasteiger charge is 2.33. The highest BCUT2D eigenvalue weighted by atomic mass is 16.5. The number of aromatic nitrogens is 2. The van der Waals surface area contributed by atoms with E-state index in [1.54, 1.807) is 0 Å². The number of morpholine rings is 2. The van der Waals surface area contributed by atoms with E-state index in [1.807, 2.05) is 29.2 Å². The second kappa shape index (κ2) is 9.82. The van der Waals surface area contributed by atoms with E-state index in [0.29, 0.717) is 63.9 Å². The highest BCUT2D eigenvalue weighted by Crippen LogP contribution is 2.27. The predicted octanol–water partition coefficient (Wildman–Crippen LogP) is 0.957. The molecule has 3 heterocycles. The Morgan fingerprint density at radius 2 is 1.76 bits per heavy atom. The van der Waals surface area contributed by atoms with Crippen LogP contribution in [0.2, 0.25) is 0 Å². The van der Waals surface area contributed by atoms with Crippen LogP contribution in [-0.2, 0) is 14.3 Å². The van der Waals surface area contributed by atoms with E-state index in [2.05, 4.69) is 25.5 Å². The maximum absolute atomic E-state index is 13.1. The molecule has 180 valence electrons. The van der Waals surface area contributed by atoms with Crippen LogP contribution in [0.25, 0.3) is 0 Å². The lowest BCUT2D eigenvalue weighted by Crippen LogP contribution is -2.56. The molecule has 3 fully saturated rings. The summed E-state index contributed by atoms with van der Waals surface area (Å²) in [7, 11) is 0. The quantitative estimate of drug-likeness (QED) is 0.544. The van der Waals surface area contributed by atoms with Crippen LogP contribution in [0.15, 0.2) is 30.5 Å². The number of benzene rings is 1. The summed E-state index contributed by atoms with van der Waals surface area (Å²) in [6, 6.07) is 7.73. The summed E-state index contributed by atoms with van der Waals surface area (Å²) in [6.07, 6.45) is 3.53. The normalized spacial score (nSPS) is 20.6. The summed E-state index contributed by atoms with van der Waals surface area (Å²) in [5.74, 6) is 0.323. The molecule has 2 saturated heterocycles. The fourth-order valence-corrected chi connectivity index (χ4v) is 4.13. The zero-order valence-electron chi connectivity index (χ0n) is 18.9. The van der Waals surface area contributed by atoms with Crippen molar-refractivity contribution in [3.05, 3.63) is 36.0 Å². The molecule has 4 N–H and O–H groups in total. The number of primary amides is 1. The Morgan fingerprint density at radius 1 is 1.03 bits per heavy atom. The first-order valence-corrected chi connectivity index (χ1v) is 11.6. The standard InChI is InChI=1S/C23H29N7O4/c24-20(31)18-13-25-23(28-21(18)26-15-1-2-15)27-16-3-5-17(6-4-16)30-9-12-34-14-19(30)22(32)29-7-10-33-11-8-29/h3-6,13,15,19H,1-2,7-12,14H2,(H2,24,31)(H2,25,26,27,28). The van der Waals surface area contributed by atoms with Gasteiger partial charge in [-0.3, -0.25) is 9.59 Å². The molecule has 1 atom stereocenters. The Labute approximate surface area is 197 Å². The van der Waals surface area contributed by atoms with Gasteiger partial charge >= 0.3 is 0 Å². The minimum atomic E-state index is -0.564. The van der Waals surface area contributed by atoms with Crippen molar-refractivity contribution in [1.29, 1.82) is 0 Å². The van der Waals surface area contributed by atoms with Gasteiger partial charge in [-0.1, -0.05) is 0 Å². The molecular formula is C23H29N7O4. The SMILES string of the molecule is NC(=O)c1cnc(Nc2ccc(N3CCOCC3C(=O)N3CCOCC3)cc2)nc1NC1CC1. The molecule has 2 aliphatic heterocycles. The number of anilines is 4. The largest absolute Gasteiger partial charge is 0.378 e. The second-order valence-electron chi connectivity index (χ2n) is 8.63. The third-order valence-electron chi connectivity index (χ3n) is 6.16. The number of amides is 2. The summed E-state index contributed by atoms with van der Waals surface area (Å²) in [5, 5.41) is 6.41. The van der Waals surface area contributed by atoms with Crippen LogP contribution < -0.4 is 21.3 Å². The molecule has 11 nitrogen and oxygen atoms in total. The van der Waals surface area contributed by atoms with E-state index in [4.69, 9.17) is 15.2 Å². The number of nitrogens with one attached hydrogen (secondary N) is 2. The lowest BCUT2D eigenvalue weighted by atomic mass is 10.1. The molecule has 0 radical (unpaired) electrons. The van der Waals surface area contributed by atoms with Crippen LogP contribution in [-0.4, -0.2) is 84.8 Å². The van der Waals surface area contributed by atoms with Crippen molar-refractivity contribution in [1.82, 2.24) is 14.9 Å². The van der Waals surface area contributed by atoms with E-state index in [9.17, 15) is 9.59 Å². The van der Waals surface area contributed by atoms with Crippen molar-refractivity contribution >= 4 is 35.0 Å². The van der Waals surface area contributed by atoms with Gasteiger partial charge in [0.25, 0.3) is 5.91 Å².